The van der Waals surface area contributed by atoms with Gasteiger partial charge in [-0.2, -0.15) is 9.78 Å². The molecule has 1 aromatic carbocycles. The predicted octanol–water partition coefficient (Wildman–Crippen LogP) is 1.23. The summed E-state index contributed by atoms with van der Waals surface area (Å²) >= 11 is 0. The largest absolute Gasteiger partial charge is 0.336 e. The molecule has 128 valence electrons. The number of hydrogen-bond acceptors (Lipinski definition) is 4. The summed E-state index contributed by atoms with van der Waals surface area (Å²) in [5, 5.41) is 7.34. The molecule has 1 unspecified atom stereocenters. The molecule has 1 aliphatic heterocycles. The van der Waals surface area contributed by atoms with Gasteiger partial charge in [-0.25, -0.2) is 4.39 Å². The maximum atomic E-state index is 13.0. The van der Waals surface area contributed by atoms with E-state index < -0.39 is 5.82 Å². The van der Waals surface area contributed by atoms with Gasteiger partial charge < -0.3 is 10.2 Å². The second-order valence-electron chi connectivity index (χ2n) is 5.51. The highest BCUT2D eigenvalue weighted by Crippen LogP contribution is 2.11. The molecule has 24 heavy (non-hydrogen) atoms. The fourth-order valence-corrected chi connectivity index (χ4v) is 2.61. The summed E-state index contributed by atoms with van der Waals surface area (Å²) in [6.45, 7) is 1.63. The first-order chi connectivity index (χ1) is 11.1. The highest BCUT2D eigenvalue weighted by Gasteiger charge is 2.25. The van der Waals surface area contributed by atoms with Crippen molar-refractivity contribution in [2.75, 3.05) is 20.1 Å². The smallest absolute Gasteiger partial charge is 0.274 e. The summed E-state index contributed by atoms with van der Waals surface area (Å²) in [4.78, 5) is 26.2. The summed E-state index contributed by atoms with van der Waals surface area (Å²) in [6, 6.07) is 8.22. The van der Waals surface area contributed by atoms with Crippen LogP contribution in [0.1, 0.15) is 16.9 Å². The van der Waals surface area contributed by atoms with Crippen LogP contribution in [-0.4, -0.2) is 46.8 Å². The number of amides is 1. The molecule has 0 saturated carbocycles. The summed E-state index contributed by atoms with van der Waals surface area (Å²) in [5.41, 5.74) is 0.220. The third kappa shape index (κ3) is 3.63. The van der Waals surface area contributed by atoms with Gasteiger partial charge in [-0.1, -0.05) is 0 Å². The van der Waals surface area contributed by atoms with Crippen molar-refractivity contribution in [2.45, 2.75) is 12.5 Å². The molecule has 0 bridgehead atoms. The molecule has 1 amide bonds. The van der Waals surface area contributed by atoms with E-state index >= 15 is 0 Å². The monoisotopic (exact) mass is 352 g/mol. The number of nitrogens with zero attached hydrogens (tertiary/aromatic N) is 3. The van der Waals surface area contributed by atoms with Crippen LogP contribution in [0.15, 0.2) is 41.2 Å². The van der Waals surface area contributed by atoms with Gasteiger partial charge in [0.25, 0.3) is 11.5 Å². The molecule has 2 heterocycles. The molecule has 0 spiro atoms. The third-order valence-corrected chi connectivity index (χ3v) is 3.99. The maximum Gasteiger partial charge on any atom is 0.274 e. The zero-order valence-electron chi connectivity index (χ0n) is 13.1. The molecular formula is C16H18ClFN4O2. The lowest BCUT2D eigenvalue weighted by molar-refractivity contribution is 0.0735. The molecule has 1 aromatic heterocycles. The quantitative estimate of drug-likeness (QED) is 0.902. The predicted molar refractivity (Wildman–Crippen MR) is 90.4 cm³/mol. The standard InChI is InChI=1S/C16H17FN4O2.ClH/c1-20(13-8-9-18-10-13)16(23)14-6-7-15(22)21(19-14)12-4-2-11(17)3-5-12;/h2-7,13,18H,8-10H2,1H3;1H. The van der Waals surface area contributed by atoms with E-state index in [9.17, 15) is 14.0 Å². The van der Waals surface area contributed by atoms with Crippen LogP contribution in [0.4, 0.5) is 4.39 Å². The van der Waals surface area contributed by atoms with Crippen LogP contribution >= 0.6 is 12.4 Å². The van der Waals surface area contributed by atoms with E-state index in [1.165, 1.54) is 36.4 Å². The second-order valence-corrected chi connectivity index (χ2v) is 5.51. The first-order valence-electron chi connectivity index (χ1n) is 7.40. The minimum atomic E-state index is -0.400. The number of likely N-dealkylation sites (N-methyl/N-ethyl adjacent to an activating group) is 1. The van der Waals surface area contributed by atoms with Gasteiger partial charge in [0, 0.05) is 25.7 Å². The summed E-state index contributed by atoms with van der Waals surface area (Å²) in [5.74, 6) is -0.642. The van der Waals surface area contributed by atoms with Gasteiger partial charge in [-0.15, -0.1) is 12.4 Å². The molecule has 0 aliphatic carbocycles. The van der Waals surface area contributed by atoms with E-state index in [0.717, 1.165) is 24.2 Å². The van der Waals surface area contributed by atoms with Crippen molar-refractivity contribution in [3.05, 3.63) is 58.3 Å². The summed E-state index contributed by atoms with van der Waals surface area (Å²) in [6.07, 6.45) is 0.889. The number of carbonyl (C=O) groups excluding carboxylic acids is 1. The van der Waals surface area contributed by atoms with Gasteiger partial charge in [0.15, 0.2) is 0 Å². The fraction of sp³-hybridized carbons (Fsp3) is 0.312. The zero-order valence-corrected chi connectivity index (χ0v) is 13.9. The van der Waals surface area contributed by atoms with Gasteiger partial charge >= 0.3 is 0 Å². The van der Waals surface area contributed by atoms with E-state index in [1.807, 2.05) is 0 Å². The van der Waals surface area contributed by atoms with E-state index in [2.05, 4.69) is 10.4 Å². The lowest BCUT2D eigenvalue weighted by Crippen LogP contribution is -2.39. The topological polar surface area (TPSA) is 67.2 Å². The Hall–Kier alpha value is -2.25. The molecule has 1 atom stereocenters. The van der Waals surface area contributed by atoms with Crippen LogP contribution in [0.2, 0.25) is 0 Å². The number of rotatable bonds is 3. The Kier molecular flexibility index (Phi) is 5.69. The lowest BCUT2D eigenvalue weighted by atomic mass is 10.2. The molecule has 1 aliphatic rings. The van der Waals surface area contributed by atoms with Crippen molar-refractivity contribution in [2.24, 2.45) is 0 Å². The molecule has 1 saturated heterocycles. The first kappa shape index (κ1) is 18.1. The van der Waals surface area contributed by atoms with E-state index in [4.69, 9.17) is 0 Å². The van der Waals surface area contributed by atoms with Crippen molar-refractivity contribution in [1.29, 1.82) is 0 Å². The van der Waals surface area contributed by atoms with Gasteiger partial charge in [0.05, 0.1) is 5.69 Å². The Balaban J connectivity index is 0.00000208. The Morgan fingerprint density at radius 1 is 1.29 bits per heavy atom. The first-order valence-corrected chi connectivity index (χ1v) is 7.40. The highest BCUT2D eigenvalue weighted by atomic mass is 35.5. The van der Waals surface area contributed by atoms with Crippen LogP contribution in [0.25, 0.3) is 5.69 Å². The van der Waals surface area contributed by atoms with Crippen LogP contribution in [-0.2, 0) is 0 Å². The highest BCUT2D eigenvalue weighted by molar-refractivity contribution is 5.92. The molecule has 0 radical (unpaired) electrons. The number of nitrogens with one attached hydrogen (secondary N) is 1. The fourth-order valence-electron chi connectivity index (χ4n) is 2.61. The summed E-state index contributed by atoms with van der Waals surface area (Å²) in [7, 11) is 1.73. The Labute approximate surface area is 144 Å². The van der Waals surface area contributed by atoms with Gasteiger partial charge in [-0.3, -0.25) is 9.59 Å². The van der Waals surface area contributed by atoms with Crippen molar-refractivity contribution in [3.63, 3.8) is 0 Å². The number of carbonyl (C=O) groups is 1. The Morgan fingerprint density at radius 3 is 2.62 bits per heavy atom. The second kappa shape index (κ2) is 7.55. The molecular weight excluding hydrogens is 335 g/mol. The van der Waals surface area contributed by atoms with Gasteiger partial charge in [-0.05, 0) is 43.3 Å². The molecule has 1 fully saturated rings. The Morgan fingerprint density at radius 2 is 2.00 bits per heavy atom. The number of hydrogen-bond donors (Lipinski definition) is 1. The van der Waals surface area contributed by atoms with Crippen LogP contribution in [0.3, 0.4) is 0 Å². The summed E-state index contributed by atoms with van der Waals surface area (Å²) < 4.78 is 14.1. The van der Waals surface area contributed by atoms with Crippen LogP contribution < -0.4 is 10.9 Å². The van der Waals surface area contributed by atoms with E-state index in [-0.39, 0.29) is 35.6 Å². The minimum Gasteiger partial charge on any atom is -0.336 e. The van der Waals surface area contributed by atoms with Gasteiger partial charge in [0.1, 0.15) is 11.5 Å². The Bertz CT molecular complexity index is 772. The minimum absolute atomic E-state index is 0. The lowest BCUT2D eigenvalue weighted by Gasteiger charge is -2.23. The van der Waals surface area contributed by atoms with E-state index in [0.29, 0.717) is 5.69 Å². The molecule has 6 nitrogen and oxygen atoms in total. The molecule has 2 aromatic rings. The van der Waals surface area contributed by atoms with Crippen molar-refractivity contribution < 1.29 is 9.18 Å². The van der Waals surface area contributed by atoms with E-state index in [1.54, 1.807) is 11.9 Å². The number of benzene rings is 1. The van der Waals surface area contributed by atoms with Crippen LogP contribution in [0, 0.1) is 5.82 Å². The molecule has 3 rings (SSSR count). The average Bonchev–Trinajstić information content (AvgIpc) is 3.09. The van der Waals surface area contributed by atoms with Crippen molar-refractivity contribution >= 4 is 18.3 Å². The number of aromatic nitrogens is 2. The molecule has 1 N–H and O–H groups in total. The average molecular weight is 353 g/mol. The van der Waals surface area contributed by atoms with Crippen LogP contribution in [0.5, 0.6) is 0 Å². The number of halogens is 2. The van der Waals surface area contributed by atoms with Crippen molar-refractivity contribution in [1.82, 2.24) is 20.0 Å². The normalized spacial score (nSPS) is 16.5. The third-order valence-electron chi connectivity index (χ3n) is 3.99. The van der Waals surface area contributed by atoms with Gasteiger partial charge in [0.2, 0.25) is 0 Å². The maximum absolute atomic E-state index is 13.0. The SMILES string of the molecule is CN(C(=O)c1ccc(=O)n(-c2ccc(F)cc2)n1)C1CCNC1.Cl. The zero-order chi connectivity index (χ0) is 16.4. The molecule has 8 heteroatoms. The van der Waals surface area contributed by atoms with Crippen molar-refractivity contribution in [3.8, 4) is 5.69 Å².